The van der Waals surface area contributed by atoms with Gasteiger partial charge >= 0.3 is 0 Å². The van der Waals surface area contributed by atoms with Crippen LogP contribution in [0.15, 0.2) is 0 Å². The third-order valence-corrected chi connectivity index (χ3v) is 0. The fourth-order valence-electron chi connectivity index (χ4n) is 0. The molecule has 0 saturated carbocycles. The molecule has 0 bridgehead atoms. The summed E-state index contributed by atoms with van der Waals surface area (Å²) in [5.74, 6) is 0. The SMILES string of the molecule is [O-][SiH3].[O-][SiH3].[O-][SiH3].[O-][SiH3].[O-][SiH3].[V]. The Balaban J connectivity index is -0.00000000694. The van der Waals surface area contributed by atoms with E-state index in [1.165, 1.54) is 0 Å². The van der Waals surface area contributed by atoms with Crippen LogP contribution in [0.5, 0.6) is 0 Å². The molecule has 0 unspecified atom stereocenters. The normalized spacial score (nSPS) is 4.09. The summed E-state index contributed by atoms with van der Waals surface area (Å²) in [5.41, 5.74) is 0. The maximum atomic E-state index is 8.39. The molecule has 0 fully saturated rings. The first kappa shape index (κ1) is 39.2. The van der Waals surface area contributed by atoms with Gasteiger partial charge in [-0.05, 0) is 0 Å². The standard InChI is InChI=1S/5H3OSi.V/c5*1-2;/h5*2H3;/q5*-1;. The van der Waals surface area contributed by atoms with E-state index in [-0.39, 0.29) is 71.0 Å². The fraction of sp³-hybridized carbons (Fsp3) is 0. The van der Waals surface area contributed by atoms with Crippen LogP contribution < -0.4 is 24.0 Å². The van der Waals surface area contributed by atoms with Gasteiger partial charge in [0.25, 0.3) is 0 Å². The van der Waals surface area contributed by atoms with Gasteiger partial charge in [0, 0.05) is 18.6 Å². The maximum absolute atomic E-state index is 8.39. The van der Waals surface area contributed by atoms with Gasteiger partial charge in [-0.25, -0.2) is 0 Å². The van der Waals surface area contributed by atoms with Crippen molar-refractivity contribution in [1.29, 1.82) is 0 Å². The molecule has 0 aliphatic rings. The van der Waals surface area contributed by atoms with Crippen molar-refractivity contribution >= 4 is 52.4 Å². The second-order valence-electron chi connectivity index (χ2n) is 0. The Morgan fingerprint density at radius 1 is 0.364 bits per heavy atom. The van der Waals surface area contributed by atoms with Crippen LogP contribution in [0.25, 0.3) is 0 Å². The molecule has 0 aliphatic carbocycles. The summed E-state index contributed by atoms with van der Waals surface area (Å²) in [6.07, 6.45) is 0. The molecule has 11 heavy (non-hydrogen) atoms. The van der Waals surface area contributed by atoms with Gasteiger partial charge in [-0.15, -0.1) is 0 Å². The number of hydrogen-bond acceptors (Lipinski definition) is 5. The van der Waals surface area contributed by atoms with Gasteiger partial charge < -0.3 is 24.0 Å². The molecule has 0 amide bonds. The summed E-state index contributed by atoms with van der Waals surface area (Å²) in [6.45, 7) is 0. The van der Waals surface area contributed by atoms with Gasteiger partial charge in [0.2, 0.25) is 0 Å². The summed E-state index contributed by atoms with van der Waals surface area (Å²) < 4.78 is 0. The molecule has 0 aliphatic heterocycles. The van der Waals surface area contributed by atoms with Crippen LogP contribution >= 0.6 is 0 Å². The van der Waals surface area contributed by atoms with Crippen LogP contribution in [-0.2, 0) is 18.6 Å². The molecular formula is H15O5Si5V-5. The minimum Gasteiger partial charge on any atom is -0.865 e. The van der Waals surface area contributed by atoms with E-state index in [2.05, 4.69) is 0 Å². The van der Waals surface area contributed by atoms with Gasteiger partial charge in [-0.1, -0.05) is 52.4 Å². The van der Waals surface area contributed by atoms with E-state index in [0.29, 0.717) is 0 Å². The van der Waals surface area contributed by atoms with Crippen LogP contribution in [0, 0.1) is 0 Å². The van der Waals surface area contributed by atoms with Crippen molar-refractivity contribution in [2.75, 3.05) is 0 Å². The summed E-state index contributed by atoms with van der Waals surface area (Å²) in [7, 11) is 0.278. The van der Waals surface area contributed by atoms with Crippen LogP contribution in [0.4, 0.5) is 0 Å². The Hall–Kier alpha value is 1.47. The monoisotopic (exact) mass is 286 g/mol. The summed E-state index contributed by atoms with van der Waals surface area (Å²) >= 11 is 0. The second-order valence-corrected chi connectivity index (χ2v) is 0. The van der Waals surface area contributed by atoms with Gasteiger partial charge in [0.1, 0.15) is 0 Å². The first-order chi connectivity index (χ1) is 5.00. The summed E-state index contributed by atoms with van der Waals surface area (Å²) in [5, 5.41) is 0. The first-order valence-corrected chi connectivity index (χ1v) is 6.12. The quantitative estimate of drug-likeness (QED) is 0.410. The zero-order valence-electron chi connectivity index (χ0n) is 7.49. The average molecular weight is 286 g/mol. The molecule has 0 rings (SSSR count). The Morgan fingerprint density at radius 2 is 0.364 bits per heavy atom. The third kappa shape index (κ3) is 477. The number of rotatable bonds is 0. The van der Waals surface area contributed by atoms with Gasteiger partial charge in [-0.2, -0.15) is 0 Å². The first-order valence-electron chi connectivity index (χ1n) is 2.04. The van der Waals surface area contributed by atoms with Crippen molar-refractivity contribution in [3.8, 4) is 0 Å². The van der Waals surface area contributed by atoms with E-state index in [9.17, 15) is 0 Å². The summed E-state index contributed by atoms with van der Waals surface area (Å²) in [4.78, 5) is 41.9. The smallest absolute Gasteiger partial charge is 0 e. The van der Waals surface area contributed by atoms with E-state index in [0.717, 1.165) is 0 Å². The topological polar surface area (TPSA) is 115 Å². The Morgan fingerprint density at radius 3 is 0.364 bits per heavy atom. The van der Waals surface area contributed by atoms with E-state index >= 15 is 0 Å². The molecule has 0 atom stereocenters. The van der Waals surface area contributed by atoms with Gasteiger partial charge in [-0.3, -0.25) is 0 Å². The van der Waals surface area contributed by atoms with Crippen molar-refractivity contribution in [2.24, 2.45) is 0 Å². The molecule has 0 heterocycles. The fourth-order valence-corrected chi connectivity index (χ4v) is 0. The molecular weight excluding hydrogens is 271 g/mol. The van der Waals surface area contributed by atoms with Gasteiger partial charge in [0.05, 0.1) is 0 Å². The van der Waals surface area contributed by atoms with E-state index in [1.807, 2.05) is 0 Å². The Labute approximate surface area is 94.8 Å². The zero-order chi connectivity index (χ0) is 10.0. The minimum absolute atomic E-state index is 0. The predicted octanol–water partition coefficient (Wildman–Crippen LogP) is -11.9. The minimum atomic E-state index is 0. The van der Waals surface area contributed by atoms with E-state index in [4.69, 9.17) is 24.0 Å². The molecule has 11 heteroatoms. The second kappa shape index (κ2) is 583. The van der Waals surface area contributed by atoms with Crippen molar-refractivity contribution in [3.05, 3.63) is 0 Å². The van der Waals surface area contributed by atoms with Crippen molar-refractivity contribution in [2.45, 2.75) is 0 Å². The molecule has 0 N–H and O–H groups in total. The molecule has 0 aromatic carbocycles. The largest absolute Gasteiger partial charge is 0.865 e. The molecule has 0 aromatic rings. The number of hydrogen-bond donors (Lipinski definition) is 0. The van der Waals surface area contributed by atoms with E-state index < -0.39 is 0 Å². The predicted molar refractivity (Wildman–Crippen MR) is 49.7 cm³/mol. The van der Waals surface area contributed by atoms with Crippen molar-refractivity contribution in [1.82, 2.24) is 0 Å². The summed E-state index contributed by atoms with van der Waals surface area (Å²) in [6, 6.07) is 0. The Bertz CT molecular complexity index is 14.8. The van der Waals surface area contributed by atoms with Crippen LogP contribution in [0.3, 0.4) is 0 Å². The van der Waals surface area contributed by atoms with E-state index in [1.54, 1.807) is 0 Å². The third-order valence-electron chi connectivity index (χ3n) is 0. The van der Waals surface area contributed by atoms with Crippen molar-refractivity contribution < 1.29 is 42.5 Å². The van der Waals surface area contributed by atoms with Crippen LogP contribution in [-0.4, -0.2) is 52.4 Å². The molecule has 5 nitrogen and oxygen atoms in total. The maximum Gasteiger partial charge on any atom is 0 e. The Kier molecular flexibility index (Phi) is 2080. The molecule has 75 valence electrons. The molecule has 0 saturated heterocycles. The molecule has 0 aromatic heterocycles. The van der Waals surface area contributed by atoms with Gasteiger partial charge in [0.15, 0.2) is 0 Å². The van der Waals surface area contributed by atoms with Crippen molar-refractivity contribution in [3.63, 3.8) is 0 Å². The molecule has 1 radical (unpaired) electrons. The van der Waals surface area contributed by atoms with Crippen LogP contribution in [0.2, 0.25) is 0 Å². The van der Waals surface area contributed by atoms with Crippen LogP contribution in [0.1, 0.15) is 0 Å². The zero-order valence-corrected chi connectivity index (χ0v) is 18.9. The average Bonchev–Trinajstić information content (AvgIpc) is 2.20. The molecule has 0 spiro atoms.